The Labute approximate surface area is 171 Å². The van der Waals surface area contributed by atoms with Crippen molar-refractivity contribution in [2.24, 2.45) is 0 Å². The highest BCUT2D eigenvalue weighted by molar-refractivity contribution is 6.00. The normalized spacial score (nSPS) is 20.8. The van der Waals surface area contributed by atoms with Crippen molar-refractivity contribution in [3.8, 4) is 0 Å². The van der Waals surface area contributed by atoms with Gasteiger partial charge in [0, 0.05) is 17.7 Å². The van der Waals surface area contributed by atoms with Crippen molar-refractivity contribution in [2.75, 3.05) is 5.32 Å². The number of benzene rings is 2. The van der Waals surface area contributed by atoms with Crippen LogP contribution >= 0.6 is 0 Å². The molecule has 4 aromatic rings. The topological polar surface area (TPSA) is 60.1 Å². The van der Waals surface area contributed by atoms with Crippen LogP contribution in [0.3, 0.4) is 0 Å². The number of allylic oxidation sites excluding steroid dienone is 2. The summed E-state index contributed by atoms with van der Waals surface area (Å²) in [6.45, 7) is 0. The van der Waals surface area contributed by atoms with E-state index in [1.807, 2.05) is 41.0 Å². The number of carbonyl (C=O) groups excluding carboxylic acids is 1. The minimum absolute atomic E-state index is 0.00229. The van der Waals surface area contributed by atoms with Gasteiger partial charge in [-0.25, -0.2) is 9.37 Å². The summed E-state index contributed by atoms with van der Waals surface area (Å²) in [5, 5.41) is 3.42. The first-order valence-corrected chi connectivity index (χ1v) is 9.98. The number of nitrogens with one attached hydrogen (secondary N) is 1. The number of hydrogen-bond donors (Lipinski definition) is 1. The van der Waals surface area contributed by atoms with Gasteiger partial charge in [0.15, 0.2) is 5.78 Å². The van der Waals surface area contributed by atoms with Crippen molar-refractivity contribution in [2.45, 2.75) is 24.8 Å². The van der Waals surface area contributed by atoms with Crippen LogP contribution in [-0.4, -0.2) is 15.3 Å². The molecular weight excluding hydrogens is 381 g/mol. The van der Waals surface area contributed by atoms with Crippen LogP contribution in [0.1, 0.15) is 36.1 Å². The number of nitrogens with zero attached hydrogens (tertiary/aromatic N) is 2. The monoisotopic (exact) mass is 399 g/mol. The zero-order chi connectivity index (χ0) is 20.2. The lowest BCUT2D eigenvalue weighted by atomic mass is 9.78. The van der Waals surface area contributed by atoms with Crippen LogP contribution in [0.5, 0.6) is 0 Å². The Morgan fingerprint density at radius 3 is 2.67 bits per heavy atom. The molecule has 6 heteroatoms. The first-order chi connectivity index (χ1) is 14.7. The molecular formula is C24H18FN3O2. The van der Waals surface area contributed by atoms with E-state index in [1.54, 1.807) is 18.4 Å². The average Bonchev–Trinajstić information content (AvgIpc) is 3.40. The van der Waals surface area contributed by atoms with Gasteiger partial charge in [-0.05, 0) is 54.3 Å². The third kappa shape index (κ3) is 2.53. The first-order valence-electron chi connectivity index (χ1n) is 9.98. The molecule has 1 N–H and O–H groups in total. The van der Waals surface area contributed by atoms with E-state index >= 15 is 0 Å². The van der Waals surface area contributed by atoms with E-state index in [9.17, 15) is 9.18 Å². The van der Waals surface area contributed by atoms with E-state index in [1.165, 1.54) is 12.1 Å². The fourth-order valence-electron chi connectivity index (χ4n) is 4.71. The maximum absolute atomic E-state index is 13.4. The molecule has 2 aliphatic rings. The number of hydrogen-bond acceptors (Lipinski definition) is 4. The molecule has 3 heterocycles. The van der Waals surface area contributed by atoms with Crippen molar-refractivity contribution in [1.82, 2.24) is 9.55 Å². The lowest BCUT2D eigenvalue weighted by Gasteiger charge is -2.35. The second-order valence-electron chi connectivity index (χ2n) is 7.81. The van der Waals surface area contributed by atoms with Crippen LogP contribution in [-0.2, 0) is 4.79 Å². The Morgan fingerprint density at radius 1 is 1.03 bits per heavy atom. The van der Waals surface area contributed by atoms with Crippen molar-refractivity contribution >= 4 is 22.8 Å². The average molecular weight is 399 g/mol. The van der Waals surface area contributed by atoms with Crippen LogP contribution in [0.15, 0.2) is 82.6 Å². The number of Topliss-reactive ketones (excluding diaryl/α,β-unsaturated/α-hetero) is 1. The number of anilines is 1. The largest absolute Gasteiger partial charge is 0.467 e. The first kappa shape index (κ1) is 17.2. The van der Waals surface area contributed by atoms with Crippen LogP contribution in [0.4, 0.5) is 10.3 Å². The summed E-state index contributed by atoms with van der Waals surface area (Å²) in [5.41, 5.74) is 4.36. The number of ketones is 1. The van der Waals surface area contributed by atoms with Gasteiger partial charge in [0.2, 0.25) is 5.95 Å². The molecule has 0 amide bonds. The highest BCUT2D eigenvalue weighted by atomic mass is 19.1. The standard InChI is InChI=1S/C24H18FN3O2/c25-16-9-7-14(8-10-16)15-12-18-22(20(29)13-15)23(21-6-3-11-30-21)28-19-5-2-1-4-17(19)26-24(28)27-18/h1-11,15,23H,12-13H2,(H,26,27)/t15-,23-/m1/s1. The Hall–Kier alpha value is -3.67. The molecule has 0 radical (unpaired) electrons. The van der Waals surface area contributed by atoms with Crippen LogP contribution in [0.25, 0.3) is 11.0 Å². The maximum Gasteiger partial charge on any atom is 0.209 e. The van der Waals surface area contributed by atoms with E-state index in [0.29, 0.717) is 24.6 Å². The Balaban J connectivity index is 1.50. The predicted molar refractivity (Wildman–Crippen MR) is 111 cm³/mol. The minimum Gasteiger partial charge on any atom is -0.467 e. The zero-order valence-electron chi connectivity index (χ0n) is 16.0. The summed E-state index contributed by atoms with van der Waals surface area (Å²) in [6, 6.07) is 17.7. The summed E-state index contributed by atoms with van der Waals surface area (Å²) in [4.78, 5) is 18.2. The minimum atomic E-state index is -0.361. The Bertz CT molecular complexity index is 1300. The summed E-state index contributed by atoms with van der Waals surface area (Å²) in [5.74, 6) is 1.20. The van der Waals surface area contributed by atoms with Gasteiger partial charge in [0.1, 0.15) is 17.6 Å². The van der Waals surface area contributed by atoms with Crippen molar-refractivity contribution < 1.29 is 13.6 Å². The smallest absolute Gasteiger partial charge is 0.209 e. The van der Waals surface area contributed by atoms with Crippen molar-refractivity contribution in [3.05, 3.63) is 95.3 Å². The third-order valence-corrected chi connectivity index (χ3v) is 6.05. The molecule has 2 aromatic carbocycles. The molecule has 0 bridgehead atoms. The van der Waals surface area contributed by atoms with E-state index in [-0.39, 0.29) is 23.6 Å². The summed E-state index contributed by atoms with van der Waals surface area (Å²) < 4.78 is 21.2. The molecule has 5 nitrogen and oxygen atoms in total. The Morgan fingerprint density at radius 2 is 1.87 bits per heavy atom. The van der Waals surface area contributed by atoms with Gasteiger partial charge in [-0.1, -0.05) is 24.3 Å². The molecule has 1 aliphatic heterocycles. The molecule has 30 heavy (non-hydrogen) atoms. The zero-order valence-corrected chi connectivity index (χ0v) is 16.0. The van der Waals surface area contributed by atoms with Crippen molar-refractivity contribution in [3.63, 3.8) is 0 Å². The molecule has 0 unspecified atom stereocenters. The summed E-state index contributed by atoms with van der Waals surface area (Å²) >= 11 is 0. The summed E-state index contributed by atoms with van der Waals surface area (Å²) in [6.07, 6.45) is 2.67. The highest BCUT2D eigenvalue weighted by Crippen LogP contribution is 2.45. The predicted octanol–water partition coefficient (Wildman–Crippen LogP) is 5.18. The number of fused-ring (bicyclic) bond motifs is 3. The SMILES string of the molecule is O=C1C[C@H](c2ccc(F)cc2)CC2=C1[C@@H](c1ccco1)n1c(nc3ccccc31)N2. The number of halogens is 1. The number of carbonyl (C=O) groups is 1. The van der Waals surface area contributed by atoms with Gasteiger partial charge in [-0.15, -0.1) is 0 Å². The molecule has 0 spiro atoms. The number of rotatable bonds is 2. The van der Waals surface area contributed by atoms with Crippen LogP contribution < -0.4 is 5.32 Å². The quantitative estimate of drug-likeness (QED) is 0.504. The molecule has 2 atom stereocenters. The van der Waals surface area contributed by atoms with Gasteiger partial charge >= 0.3 is 0 Å². The second-order valence-corrected chi connectivity index (χ2v) is 7.81. The molecule has 6 rings (SSSR count). The van der Waals surface area contributed by atoms with Gasteiger partial charge in [-0.3, -0.25) is 9.36 Å². The third-order valence-electron chi connectivity index (χ3n) is 6.05. The van der Waals surface area contributed by atoms with E-state index < -0.39 is 0 Å². The van der Waals surface area contributed by atoms with E-state index in [4.69, 9.17) is 9.40 Å². The number of para-hydroxylation sites is 2. The second kappa shape index (κ2) is 6.42. The van der Waals surface area contributed by atoms with Gasteiger partial charge in [-0.2, -0.15) is 0 Å². The molecule has 0 saturated heterocycles. The van der Waals surface area contributed by atoms with Gasteiger partial charge in [0.05, 0.1) is 17.3 Å². The number of imidazole rings is 1. The summed E-state index contributed by atoms with van der Waals surface area (Å²) in [7, 11) is 0. The lowest BCUT2D eigenvalue weighted by Crippen LogP contribution is -2.32. The maximum atomic E-state index is 13.4. The molecule has 1 aliphatic carbocycles. The van der Waals surface area contributed by atoms with Crippen LogP contribution in [0, 0.1) is 5.82 Å². The van der Waals surface area contributed by atoms with E-state index in [0.717, 1.165) is 27.9 Å². The molecule has 0 saturated carbocycles. The molecule has 148 valence electrons. The highest BCUT2D eigenvalue weighted by Gasteiger charge is 2.40. The fourth-order valence-corrected chi connectivity index (χ4v) is 4.71. The van der Waals surface area contributed by atoms with E-state index in [2.05, 4.69) is 5.32 Å². The number of aromatic nitrogens is 2. The lowest BCUT2D eigenvalue weighted by molar-refractivity contribution is -0.116. The van der Waals surface area contributed by atoms with Gasteiger partial charge in [0.25, 0.3) is 0 Å². The Kier molecular flexibility index (Phi) is 3.68. The molecule has 2 aromatic heterocycles. The molecule has 0 fully saturated rings. The van der Waals surface area contributed by atoms with Gasteiger partial charge < -0.3 is 9.73 Å². The number of furan rings is 1. The van der Waals surface area contributed by atoms with Crippen molar-refractivity contribution in [1.29, 1.82) is 0 Å². The fraction of sp³-hybridized carbons (Fsp3) is 0.167. The van der Waals surface area contributed by atoms with Crippen LogP contribution in [0.2, 0.25) is 0 Å².